The standard InChI is InChI=1S/C15H17NO5S/c1-15(2)14(18)12(9-21-15)10-22(19,20)16-13(17)8-11-6-4-3-5-7-11/h3-7,9H,8,10H2,1-2H3,(H,16,17). The first-order chi connectivity index (χ1) is 10.2. The molecule has 1 heterocycles. The molecule has 2 rings (SSSR count). The number of carbonyl (C=O) groups excluding carboxylic acids is 2. The predicted octanol–water partition coefficient (Wildman–Crippen LogP) is 0.937. The Labute approximate surface area is 129 Å². The van der Waals surface area contributed by atoms with Crippen molar-refractivity contribution in [3.63, 3.8) is 0 Å². The lowest BCUT2D eigenvalue weighted by molar-refractivity contribution is -0.127. The molecular formula is C15H17NO5S. The number of sulfonamides is 1. The summed E-state index contributed by atoms with van der Waals surface area (Å²) in [4.78, 5) is 23.7. The van der Waals surface area contributed by atoms with Crippen molar-refractivity contribution >= 4 is 21.7 Å². The van der Waals surface area contributed by atoms with Gasteiger partial charge in [0.25, 0.3) is 0 Å². The minimum Gasteiger partial charge on any atom is -0.487 e. The molecule has 118 valence electrons. The molecule has 1 N–H and O–H groups in total. The molecule has 1 aliphatic heterocycles. The van der Waals surface area contributed by atoms with Crippen LogP contribution in [0.3, 0.4) is 0 Å². The van der Waals surface area contributed by atoms with Crippen molar-refractivity contribution in [2.24, 2.45) is 0 Å². The van der Waals surface area contributed by atoms with E-state index in [0.29, 0.717) is 5.56 Å². The van der Waals surface area contributed by atoms with E-state index in [1.54, 1.807) is 44.2 Å². The summed E-state index contributed by atoms with van der Waals surface area (Å²) in [6.45, 7) is 3.11. The normalized spacial score (nSPS) is 16.8. The van der Waals surface area contributed by atoms with E-state index in [1.807, 2.05) is 4.72 Å². The van der Waals surface area contributed by atoms with Crippen LogP contribution >= 0.6 is 0 Å². The topological polar surface area (TPSA) is 89.5 Å². The van der Waals surface area contributed by atoms with Gasteiger partial charge in [-0.1, -0.05) is 30.3 Å². The first-order valence-corrected chi connectivity index (χ1v) is 8.34. The fraction of sp³-hybridized carbons (Fsp3) is 0.333. The van der Waals surface area contributed by atoms with Gasteiger partial charge in [-0.2, -0.15) is 0 Å². The Balaban J connectivity index is 1.97. The molecule has 7 heteroatoms. The molecule has 0 aliphatic carbocycles. The maximum absolute atomic E-state index is 12.0. The van der Waals surface area contributed by atoms with Crippen LogP contribution in [0.4, 0.5) is 0 Å². The first kappa shape index (κ1) is 16.2. The number of hydrogen-bond donors (Lipinski definition) is 1. The van der Waals surface area contributed by atoms with Gasteiger partial charge in [0.15, 0.2) is 5.60 Å². The molecule has 22 heavy (non-hydrogen) atoms. The van der Waals surface area contributed by atoms with Crippen LogP contribution in [-0.4, -0.2) is 31.5 Å². The van der Waals surface area contributed by atoms with Gasteiger partial charge in [0.2, 0.25) is 21.7 Å². The lowest BCUT2D eigenvalue weighted by Gasteiger charge is -2.15. The molecule has 0 aromatic heterocycles. The third-order valence-corrected chi connectivity index (χ3v) is 4.39. The second-order valence-corrected chi connectivity index (χ2v) is 7.27. The molecule has 0 radical (unpaired) electrons. The molecule has 0 spiro atoms. The lowest BCUT2D eigenvalue weighted by atomic mass is 10.0. The smallest absolute Gasteiger partial charge is 0.239 e. The zero-order chi connectivity index (χ0) is 16.4. The van der Waals surface area contributed by atoms with Gasteiger partial charge in [-0.05, 0) is 19.4 Å². The minimum atomic E-state index is -3.94. The van der Waals surface area contributed by atoms with Crippen molar-refractivity contribution in [1.29, 1.82) is 0 Å². The zero-order valence-corrected chi connectivity index (χ0v) is 13.1. The van der Waals surface area contributed by atoms with E-state index in [0.717, 1.165) is 6.26 Å². The average molecular weight is 323 g/mol. The van der Waals surface area contributed by atoms with Gasteiger partial charge < -0.3 is 4.74 Å². The highest BCUT2D eigenvalue weighted by Crippen LogP contribution is 2.24. The van der Waals surface area contributed by atoms with Gasteiger partial charge in [0, 0.05) is 0 Å². The summed E-state index contributed by atoms with van der Waals surface area (Å²) < 4.78 is 31.0. The number of ether oxygens (including phenoxy) is 1. The van der Waals surface area contributed by atoms with E-state index in [4.69, 9.17) is 4.74 Å². The van der Waals surface area contributed by atoms with Crippen molar-refractivity contribution in [1.82, 2.24) is 4.72 Å². The predicted molar refractivity (Wildman–Crippen MR) is 80.3 cm³/mol. The van der Waals surface area contributed by atoms with Crippen LogP contribution in [0.2, 0.25) is 0 Å². The Morgan fingerprint density at radius 1 is 1.23 bits per heavy atom. The van der Waals surface area contributed by atoms with Gasteiger partial charge in [0.1, 0.15) is 5.75 Å². The third-order valence-electron chi connectivity index (χ3n) is 3.16. The van der Waals surface area contributed by atoms with E-state index in [2.05, 4.69) is 0 Å². The third kappa shape index (κ3) is 3.94. The zero-order valence-electron chi connectivity index (χ0n) is 12.3. The number of benzene rings is 1. The highest BCUT2D eigenvalue weighted by atomic mass is 32.2. The van der Waals surface area contributed by atoms with Crippen LogP contribution in [0.1, 0.15) is 19.4 Å². The van der Waals surface area contributed by atoms with Crippen LogP contribution in [0.15, 0.2) is 42.2 Å². The number of Topliss-reactive ketones (excluding diaryl/α,β-unsaturated/α-hetero) is 1. The molecule has 0 saturated heterocycles. The van der Waals surface area contributed by atoms with Gasteiger partial charge in [-0.15, -0.1) is 0 Å². The van der Waals surface area contributed by atoms with Gasteiger partial charge in [-0.25, -0.2) is 8.42 Å². The van der Waals surface area contributed by atoms with Gasteiger partial charge in [0.05, 0.1) is 18.3 Å². The molecule has 6 nitrogen and oxygen atoms in total. The van der Waals surface area contributed by atoms with Crippen LogP contribution < -0.4 is 4.72 Å². The Morgan fingerprint density at radius 3 is 2.41 bits per heavy atom. The summed E-state index contributed by atoms with van der Waals surface area (Å²) in [5, 5.41) is 0. The van der Waals surface area contributed by atoms with Crippen molar-refractivity contribution in [2.75, 3.05) is 5.75 Å². The van der Waals surface area contributed by atoms with Crippen LogP contribution in [0, 0.1) is 0 Å². The Morgan fingerprint density at radius 2 is 1.86 bits per heavy atom. The molecule has 0 saturated carbocycles. The summed E-state index contributed by atoms with van der Waals surface area (Å²) in [6.07, 6.45) is 1.10. The Hall–Kier alpha value is -2.15. The molecule has 1 aromatic rings. The molecule has 0 bridgehead atoms. The van der Waals surface area contributed by atoms with Crippen LogP contribution in [0.5, 0.6) is 0 Å². The van der Waals surface area contributed by atoms with Crippen molar-refractivity contribution in [3.05, 3.63) is 47.7 Å². The number of nitrogens with one attached hydrogen (secondary N) is 1. The van der Waals surface area contributed by atoms with E-state index in [1.165, 1.54) is 0 Å². The molecular weight excluding hydrogens is 306 g/mol. The SMILES string of the molecule is CC1(C)OC=C(CS(=O)(=O)NC(=O)Cc2ccccc2)C1=O. The second-order valence-electron chi connectivity index (χ2n) is 5.55. The second kappa shape index (κ2) is 5.92. The van der Waals surface area contributed by atoms with Crippen molar-refractivity contribution < 1.29 is 22.7 Å². The summed E-state index contributed by atoms with van der Waals surface area (Å²) in [7, 11) is -3.94. The number of amides is 1. The maximum Gasteiger partial charge on any atom is 0.239 e. The van der Waals surface area contributed by atoms with Gasteiger partial charge in [-0.3, -0.25) is 14.3 Å². The minimum absolute atomic E-state index is 0.0324. The molecule has 1 aromatic carbocycles. The van der Waals surface area contributed by atoms with Crippen molar-refractivity contribution in [2.45, 2.75) is 25.9 Å². The van der Waals surface area contributed by atoms with E-state index in [-0.39, 0.29) is 12.0 Å². The molecule has 0 atom stereocenters. The van der Waals surface area contributed by atoms with Gasteiger partial charge >= 0.3 is 0 Å². The summed E-state index contributed by atoms with van der Waals surface area (Å²) in [5.41, 5.74) is -0.320. The largest absolute Gasteiger partial charge is 0.487 e. The number of rotatable bonds is 5. The lowest BCUT2D eigenvalue weighted by Crippen LogP contribution is -2.36. The van der Waals surface area contributed by atoms with E-state index < -0.39 is 33.1 Å². The molecule has 1 amide bonds. The number of hydrogen-bond acceptors (Lipinski definition) is 5. The summed E-state index contributed by atoms with van der Waals surface area (Å²) >= 11 is 0. The summed E-state index contributed by atoms with van der Waals surface area (Å²) in [5.74, 6) is -1.61. The highest BCUT2D eigenvalue weighted by Gasteiger charge is 2.38. The average Bonchev–Trinajstić information content (AvgIpc) is 2.66. The Bertz CT molecular complexity index is 720. The number of ketones is 1. The fourth-order valence-corrected chi connectivity index (χ4v) is 3.14. The number of carbonyl (C=O) groups is 2. The van der Waals surface area contributed by atoms with E-state index >= 15 is 0 Å². The maximum atomic E-state index is 12.0. The van der Waals surface area contributed by atoms with E-state index in [9.17, 15) is 18.0 Å². The molecule has 1 aliphatic rings. The quantitative estimate of drug-likeness (QED) is 0.871. The van der Waals surface area contributed by atoms with Crippen molar-refractivity contribution in [3.8, 4) is 0 Å². The first-order valence-electron chi connectivity index (χ1n) is 6.68. The fourth-order valence-electron chi connectivity index (χ4n) is 2.04. The molecule has 0 fully saturated rings. The highest BCUT2D eigenvalue weighted by molar-refractivity contribution is 7.90. The monoisotopic (exact) mass is 323 g/mol. The Kier molecular flexibility index (Phi) is 4.37. The van der Waals surface area contributed by atoms with Crippen LogP contribution in [0.25, 0.3) is 0 Å². The molecule has 0 unspecified atom stereocenters. The summed E-state index contributed by atoms with van der Waals surface area (Å²) in [6, 6.07) is 8.78. The van der Waals surface area contributed by atoms with Crippen LogP contribution in [-0.2, 0) is 30.8 Å².